The van der Waals surface area contributed by atoms with Crippen molar-refractivity contribution in [1.29, 1.82) is 5.26 Å². The molecule has 0 aromatic heterocycles. The number of nitro benzene ring substituents is 1. The van der Waals surface area contributed by atoms with Gasteiger partial charge in [0.25, 0.3) is 0 Å². The minimum atomic E-state index is -0.710. The van der Waals surface area contributed by atoms with Gasteiger partial charge in [-0.2, -0.15) is 5.26 Å². The van der Waals surface area contributed by atoms with Crippen molar-refractivity contribution < 1.29 is 10.0 Å². The number of hydrogen-bond acceptors (Lipinski definition) is 4. The van der Waals surface area contributed by atoms with Crippen LogP contribution in [-0.4, -0.2) is 15.4 Å². The number of nitrogens with zero attached hydrogens (tertiary/aromatic N) is 2. The number of benzene rings is 1. The molecular formula is C11H9BrN2O3. The Bertz CT molecular complexity index is 506. The van der Waals surface area contributed by atoms with Gasteiger partial charge in [0.15, 0.2) is 0 Å². The number of phenolic OH excluding ortho intramolecular Hbond substituents is 1. The molecule has 0 unspecified atom stereocenters. The Kier molecular flexibility index (Phi) is 4.67. The Hall–Kier alpha value is -1.87. The fourth-order valence-electron chi connectivity index (χ4n) is 1.25. The van der Waals surface area contributed by atoms with Gasteiger partial charge in [-0.3, -0.25) is 10.1 Å². The van der Waals surface area contributed by atoms with Crippen LogP contribution in [0.25, 0.3) is 6.08 Å². The van der Waals surface area contributed by atoms with Gasteiger partial charge in [-0.15, -0.1) is 0 Å². The molecule has 88 valence electrons. The molecule has 0 aliphatic heterocycles. The molecular weight excluding hydrogens is 288 g/mol. The molecule has 1 aromatic rings. The zero-order valence-electron chi connectivity index (χ0n) is 8.76. The Balaban J connectivity index is 3.25. The SMILES string of the molecule is N#Cc1cc(C=CCCBr)c(O)c([N+](=O)[O-])c1. The van der Waals surface area contributed by atoms with Crippen molar-refractivity contribution in [2.45, 2.75) is 6.42 Å². The smallest absolute Gasteiger partial charge is 0.312 e. The van der Waals surface area contributed by atoms with E-state index in [0.29, 0.717) is 0 Å². The molecule has 17 heavy (non-hydrogen) atoms. The number of phenols is 1. The number of nitro groups is 1. The lowest BCUT2D eigenvalue weighted by Crippen LogP contribution is -1.92. The van der Waals surface area contributed by atoms with Crippen LogP contribution in [0.2, 0.25) is 0 Å². The standard InChI is InChI=1S/C11H9BrN2O3/c12-4-2-1-3-9-5-8(7-13)6-10(11(9)15)14(16)17/h1,3,5-6,15H,2,4H2. The van der Waals surface area contributed by atoms with Gasteiger partial charge in [0, 0.05) is 17.0 Å². The lowest BCUT2D eigenvalue weighted by molar-refractivity contribution is -0.385. The molecule has 0 spiro atoms. The molecule has 1 N–H and O–H groups in total. The predicted molar refractivity (Wildman–Crippen MR) is 66.9 cm³/mol. The number of hydrogen-bond donors (Lipinski definition) is 1. The summed E-state index contributed by atoms with van der Waals surface area (Å²) in [5.41, 5.74) is -0.0350. The van der Waals surface area contributed by atoms with E-state index >= 15 is 0 Å². The first-order valence-electron chi connectivity index (χ1n) is 4.74. The molecule has 0 aliphatic carbocycles. The first-order valence-corrected chi connectivity index (χ1v) is 5.86. The fraction of sp³-hybridized carbons (Fsp3) is 0.182. The highest BCUT2D eigenvalue weighted by Crippen LogP contribution is 2.32. The van der Waals surface area contributed by atoms with Crippen molar-refractivity contribution in [3.8, 4) is 11.8 Å². The summed E-state index contributed by atoms with van der Waals surface area (Å²) in [6.07, 6.45) is 4.04. The van der Waals surface area contributed by atoms with E-state index in [-0.39, 0.29) is 11.1 Å². The van der Waals surface area contributed by atoms with E-state index in [1.165, 1.54) is 6.07 Å². The van der Waals surface area contributed by atoms with Gasteiger partial charge in [0.1, 0.15) is 0 Å². The summed E-state index contributed by atoms with van der Waals surface area (Å²) in [7, 11) is 0. The summed E-state index contributed by atoms with van der Waals surface area (Å²) in [5.74, 6) is -0.417. The summed E-state index contributed by atoms with van der Waals surface area (Å²) in [5, 5.41) is 29.8. The van der Waals surface area contributed by atoms with Crippen molar-refractivity contribution in [2.24, 2.45) is 0 Å². The third-order valence-corrected chi connectivity index (χ3v) is 2.48. The highest BCUT2D eigenvalue weighted by molar-refractivity contribution is 9.09. The zero-order valence-corrected chi connectivity index (χ0v) is 10.3. The molecule has 0 aliphatic rings. The first kappa shape index (κ1) is 13.2. The van der Waals surface area contributed by atoms with E-state index in [1.54, 1.807) is 12.2 Å². The van der Waals surface area contributed by atoms with E-state index in [1.807, 2.05) is 6.07 Å². The maximum atomic E-state index is 10.7. The number of aromatic hydroxyl groups is 1. The second kappa shape index (κ2) is 6.01. The highest BCUT2D eigenvalue weighted by Gasteiger charge is 2.17. The minimum absolute atomic E-state index is 0.146. The van der Waals surface area contributed by atoms with Crippen LogP contribution in [0.15, 0.2) is 18.2 Å². The maximum Gasteiger partial charge on any atom is 0.312 e. The molecule has 0 radical (unpaired) electrons. The molecule has 0 amide bonds. The van der Waals surface area contributed by atoms with Crippen molar-refractivity contribution >= 4 is 27.7 Å². The largest absolute Gasteiger partial charge is 0.502 e. The average Bonchev–Trinajstić information content (AvgIpc) is 2.31. The molecule has 6 heteroatoms. The van der Waals surface area contributed by atoms with Gasteiger partial charge in [0.05, 0.1) is 16.6 Å². The van der Waals surface area contributed by atoms with Crippen molar-refractivity contribution in [1.82, 2.24) is 0 Å². The van der Waals surface area contributed by atoms with E-state index < -0.39 is 16.4 Å². The molecule has 0 fully saturated rings. The molecule has 0 saturated heterocycles. The van der Waals surface area contributed by atoms with Crippen LogP contribution in [0.4, 0.5) is 5.69 Å². The predicted octanol–water partition coefficient (Wildman–Crippen LogP) is 2.97. The van der Waals surface area contributed by atoms with Crippen LogP contribution in [0.5, 0.6) is 5.75 Å². The Morgan fingerprint density at radius 1 is 1.59 bits per heavy atom. The molecule has 0 atom stereocenters. The molecule has 1 aromatic carbocycles. The number of alkyl halides is 1. The lowest BCUT2D eigenvalue weighted by atomic mass is 10.1. The van der Waals surface area contributed by atoms with Crippen LogP contribution >= 0.6 is 15.9 Å². The normalized spacial score (nSPS) is 10.4. The second-order valence-electron chi connectivity index (χ2n) is 3.18. The molecule has 0 bridgehead atoms. The molecule has 5 nitrogen and oxygen atoms in total. The second-order valence-corrected chi connectivity index (χ2v) is 3.98. The number of rotatable bonds is 4. The summed E-state index contributed by atoms with van der Waals surface area (Å²) in [6, 6.07) is 4.28. The summed E-state index contributed by atoms with van der Waals surface area (Å²) < 4.78 is 0. The van der Waals surface area contributed by atoms with Gasteiger partial charge >= 0.3 is 5.69 Å². The van der Waals surface area contributed by atoms with Crippen LogP contribution in [-0.2, 0) is 0 Å². The molecule has 0 saturated carbocycles. The van der Waals surface area contributed by atoms with Crippen LogP contribution in [0.1, 0.15) is 17.5 Å². The van der Waals surface area contributed by atoms with Crippen molar-refractivity contribution in [2.75, 3.05) is 5.33 Å². The van der Waals surface area contributed by atoms with Crippen molar-refractivity contribution in [3.05, 3.63) is 39.4 Å². The van der Waals surface area contributed by atoms with Gasteiger partial charge in [0.2, 0.25) is 5.75 Å². The number of allylic oxidation sites excluding steroid dienone is 1. The summed E-state index contributed by atoms with van der Waals surface area (Å²) in [6.45, 7) is 0. The lowest BCUT2D eigenvalue weighted by Gasteiger charge is -2.01. The Labute approximate surface area is 106 Å². The molecule has 1 rings (SSSR count). The summed E-state index contributed by atoms with van der Waals surface area (Å²) >= 11 is 3.23. The van der Waals surface area contributed by atoms with E-state index in [4.69, 9.17) is 5.26 Å². The minimum Gasteiger partial charge on any atom is -0.502 e. The third-order valence-electron chi connectivity index (χ3n) is 2.02. The van der Waals surface area contributed by atoms with Crippen LogP contribution in [0, 0.1) is 21.4 Å². The van der Waals surface area contributed by atoms with E-state index in [9.17, 15) is 15.2 Å². The maximum absolute atomic E-state index is 10.7. The zero-order chi connectivity index (χ0) is 12.8. The average molecular weight is 297 g/mol. The van der Waals surface area contributed by atoms with Gasteiger partial charge in [-0.05, 0) is 12.5 Å². The first-order chi connectivity index (χ1) is 8.10. The van der Waals surface area contributed by atoms with Gasteiger partial charge in [-0.1, -0.05) is 28.1 Å². The van der Waals surface area contributed by atoms with Crippen LogP contribution < -0.4 is 0 Å². The fourth-order valence-corrected chi connectivity index (χ4v) is 1.51. The van der Waals surface area contributed by atoms with E-state index in [2.05, 4.69) is 15.9 Å². The highest BCUT2D eigenvalue weighted by atomic mass is 79.9. The topological polar surface area (TPSA) is 87.2 Å². The Morgan fingerprint density at radius 2 is 2.29 bits per heavy atom. The number of halogens is 1. The van der Waals surface area contributed by atoms with E-state index in [0.717, 1.165) is 17.8 Å². The third kappa shape index (κ3) is 3.29. The van der Waals surface area contributed by atoms with Gasteiger partial charge in [-0.25, -0.2) is 0 Å². The Morgan fingerprint density at radius 3 is 2.82 bits per heavy atom. The van der Waals surface area contributed by atoms with Crippen LogP contribution in [0.3, 0.4) is 0 Å². The van der Waals surface area contributed by atoms with Gasteiger partial charge < -0.3 is 5.11 Å². The molecule has 0 heterocycles. The van der Waals surface area contributed by atoms with Crippen molar-refractivity contribution in [3.63, 3.8) is 0 Å². The number of nitriles is 1. The monoisotopic (exact) mass is 296 g/mol. The quantitative estimate of drug-likeness (QED) is 0.526. The summed E-state index contributed by atoms with van der Waals surface area (Å²) in [4.78, 5) is 9.97.